The zero-order valence-corrected chi connectivity index (χ0v) is 12.2. The first-order chi connectivity index (χ1) is 9.41. The normalized spacial score (nSPS) is 13.4. The Morgan fingerprint density at radius 2 is 2.05 bits per heavy atom. The highest BCUT2D eigenvalue weighted by Gasteiger charge is 2.17. The molecule has 108 valence electrons. The first-order valence-electron chi connectivity index (χ1n) is 5.91. The third kappa shape index (κ3) is 2.94. The van der Waals surface area contributed by atoms with E-state index in [9.17, 15) is 8.42 Å². The summed E-state index contributed by atoms with van der Waals surface area (Å²) in [5.74, 6) is 1.24. The lowest BCUT2D eigenvalue weighted by Gasteiger charge is -2.13. The maximum absolute atomic E-state index is 11.9. The zero-order valence-electron chi connectivity index (χ0n) is 11.4. The number of H-pyrrole nitrogens is 1. The summed E-state index contributed by atoms with van der Waals surface area (Å²) in [6.45, 7) is 1.90. The molecule has 1 atom stereocenters. The van der Waals surface area contributed by atoms with Crippen LogP contribution in [0.15, 0.2) is 29.6 Å². The van der Waals surface area contributed by atoms with Gasteiger partial charge < -0.3 is 5.32 Å². The van der Waals surface area contributed by atoms with Crippen molar-refractivity contribution in [3.63, 3.8) is 0 Å². The van der Waals surface area contributed by atoms with Crippen LogP contribution in [0.1, 0.15) is 18.8 Å². The molecule has 0 amide bonds. The summed E-state index contributed by atoms with van der Waals surface area (Å²) in [6.07, 6.45) is 2.75. The van der Waals surface area contributed by atoms with Crippen molar-refractivity contribution >= 4 is 15.8 Å². The van der Waals surface area contributed by atoms with Gasteiger partial charge in [0.15, 0.2) is 0 Å². The molecular formula is C11H16N6O2S. The summed E-state index contributed by atoms with van der Waals surface area (Å²) in [6, 6.07) is 3.02. The van der Waals surface area contributed by atoms with Gasteiger partial charge in [-0.2, -0.15) is 5.10 Å². The molecular weight excluding hydrogens is 280 g/mol. The van der Waals surface area contributed by atoms with Crippen LogP contribution in [-0.4, -0.2) is 47.0 Å². The third-order valence-electron chi connectivity index (χ3n) is 2.72. The monoisotopic (exact) mass is 296 g/mol. The van der Waals surface area contributed by atoms with Gasteiger partial charge in [0, 0.05) is 20.3 Å². The lowest BCUT2D eigenvalue weighted by molar-refractivity contribution is 0.520. The Morgan fingerprint density at radius 3 is 2.55 bits per heavy atom. The standard InChI is InChI=1S/C11H16N6O2S/c1-8(11-13-7-14-16-11)15-10-5-4-9(6-12-10)20(18,19)17(2)3/h4-8H,1-3H3,(H,12,15)(H,13,14,16). The first kappa shape index (κ1) is 14.4. The Morgan fingerprint density at radius 1 is 1.30 bits per heavy atom. The van der Waals surface area contributed by atoms with Crippen molar-refractivity contribution < 1.29 is 8.42 Å². The van der Waals surface area contributed by atoms with E-state index in [1.54, 1.807) is 6.07 Å². The Bertz CT molecular complexity index is 651. The van der Waals surface area contributed by atoms with Crippen LogP contribution >= 0.6 is 0 Å². The number of pyridine rings is 1. The van der Waals surface area contributed by atoms with Crippen molar-refractivity contribution in [2.75, 3.05) is 19.4 Å². The van der Waals surface area contributed by atoms with Crippen molar-refractivity contribution in [2.45, 2.75) is 17.9 Å². The average molecular weight is 296 g/mol. The Hall–Kier alpha value is -2.00. The third-order valence-corrected chi connectivity index (χ3v) is 4.52. The smallest absolute Gasteiger partial charge is 0.244 e. The second-order valence-corrected chi connectivity index (χ2v) is 6.56. The van der Waals surface area contributed by atoms with Gasteiger partial charge in [0.05, 0.1) is 6.04 Å². The molecule has 2 aromatic rings. The largest absolute Gasteiger partial charge is 0.360 e. The minimum atomic E-state index is -3.45. The van der Waals surface area contributed by atoms with Crippen molar-refractivity contribution in [3.8, 4) is 0 Å². The molecule has 1 unspecified atom stereocenters. The van der Waals surface area contributed by atoms with E-state index in [1.807, 2.05) is 6.92 Å². The molecule has 2 heterocycles. The molecule has 0 saturated carbocycles. The van der Waals surface area contributed by atoms with Crippen molar-refractivity contribution in [1.29, 1.82) is 0 Å². The Balaban J connectivity index is 2.13. The summed E-state index contributed by atoms with van der Waals surface area (Å²) in [5, 5.41) is 9.62. The average Bonchev–Trinajstić information content (AvgIpc) is 2.93. The van der Waals surface area contributed by atoms with E-state index in [2.05, 4.69) is 25.5 Å². The molecule has 2 aromatic heterocycles. The number of sulfonamides is 1. The van der Waals surface area contributed by atoms with Gasteiger partial charge >= 0.3 is 0 Å². The van der Waals surface area contributed by atoms with Crippen LogP contribution in [0.3, 0.4) is 0 Å². The highest BCUT2D eigenvalue weighted by Crippen LogP contribution is 2.17. The summed E-state index contributed by atoms with van der Waals surface area (Å²) < 4.78 is 24.9. The Labute approximate surface area is 117 Å². The molecule has 2 rings (SSSR count). The number of anilines is 1. The second kappa shape index (κ2) is 5.55. The maximum atomic E-state index is 11.9. The number of nitrogens with zero attached hydrogens (tertiary/aromatic N) is 4. The fourth-order valence-corrected chi connectivity index (χ4v) is 2.39. The number of aromatic amines is 1. The van der Waals surface area contributed by atoms with Gasteiger partial charge in [-0.1, -0.05) is 0 Å². The van der Waals surface area contributed by atoms with E-state index in [1.165, 1.54) is 32.7 Å². The van der Waals surface area contributed by atoms with E-state index < -0.39 is 10.0 Å². The van der Waals surface area contributed by atoms with Crippen LogP contribution in [0.25, 0.3) is 0 Å². The molecule has 0 bridgehead atoms. The van der Waals surface area contributed by atoms with Crippen LogP contribution in [0.4, 0.5) is 5.82 Å². The van der Waals surface area contributed by atoms with Crippen LogP contribution in [0, 0.1) is 0 Å². The lowest BCUT2D eigenvalue weighted by Crippen LogP contribution is -2.22. The van der Waals surface area contributed by atoms with E-state index in [4.69, 9.17) is 0 Å². The fourth-order valence-electron chi connectivity index (χ4n) is 1.54. The lowest BCUT2D eigenvalue weighted by atomic mass is 10.3. The van der Waals surface area contributed by atoms with E-state index in [0.717, 1.165) is 4.31 Å². The molecule has 0 spiro atoms. The molecule has 0 fully saturated rings. The topological polar surface area (TPSA) is 104 Å². The molecule has 0 aliphatic heterocycles. The molecule has 0 radical (unpaired) electrons. The van der Waals surface area contributed by atoms with Gasteiger partial charge in [-0.15, -0.1) is 0 Å². The number of nitrogens with one attached hydrogen (secondary N) is 2. The number of hydrogen-bond acceptors (Lipinski definition) is 6. The fraction of sp³-hybridized carbons (Fsp3) is 0.364. The summed E-state index contributed by atoms with van der Waals surface area (Å²) in [5.41, 5.74) is 0. The van der Waals surface area contributed by atoms with E-state index >= 15 is 0 Å². The number of rotatable bonds is 5. The summed E-state index contributed by atoms with van der Waals surface area (Å²) in [4.78, 5) is 8.28. The van der Waals surface area contributed by atoms with Gasteiger partial charge in [-0.25, -0.2) is 22.7 Å². The van der Waals surface area contributed by atoms with Gasteiger partial charge in [0.2, 0.25) is 10.0 Å². The molecule has 2 N–H and O–H groups in total. The van der Waals surface area contributed by atoms with Crippen molar-refractivity contribution in [2.24, 2.45) is 0 Å². The SMILES string of the molecule is CC(Nc1ccc(S(=O)(=O)N(C)C)cn1)c1ncn[nH]1. The molecule has 0 aromatic carbocycles. The van der Waals surface area contributed by atoms with Crippen LogP contribution in [0.2, 0.25) is 0 Å². The van der Waals surface area contributed by atoms with Crippen molar-refractivity contribution in [3.05, 3.63) is 30.5 Å². The molecule has 0 aliphatic rings. The summed E-state index contributed by atoms with van der Waals surface area (Å²) >= 11 is 0. The molecule has 9 heteroatoms. The van der Waals surface area contributed by atoms with E-state index in [0.29, 0.717) is 11.6 Å². The predicted molar refractivity (Wildman–Crippen MR) is 73.5 cm³/mol. The second-order valence-electron chi connectivity index (χ2n) is 4.40. The minimum absolute atomic E-state index is 0.110. The van der Waals surface area contributed by atoms with Crippen LogP contribution in [-0.2, 0) is 10.0 Å². The predicted octanol–water partition coefficient (Wildman–Crippen LogP) is 0.623. The minimum Gasteiger partial charge on any atom is -0.360 e. The van der Waals surface area contributed by atoms with Crippen LogP contribution in [0.5, 0.6) is 0 Å². The summed E-state index contributed by atoms with van der Waals surface area (Å²) in [7, 11) is -0.492. The number of aromatic nitrogens is 4. The maximum Gasteiger partial charge on any atom is 0.244 e. The molecule has 0 saturated heterocycles. The first-order valence-corrected chi connectivity index (χ1v) is 7.35. The van der Waals surface area contributed by atoms with Gasteiger partial charge in [0.25, 0.3) is 0 Å². The zero-order chi connectivity index (χ0) is 14.8. The molecule has 8 nitrogen and oxygen atoms in total. The van der Waals surface area contributed by atoms with Gasteiger partial charge in [-0.3, -0.25) is 5.10 Å². The van der Waals surface area contributed by atoms with Crippen molar-refractivity contribution in [1.82, 2.24) is 24.5 Å². The van der Waals surface area contributed by atoms with Crippen LogP contribution < -0.4 is 5.32 Å². The molecule has 0 aliphatic carbocycles. The highest BCUT2D eigenvalue weighted by atomic mass is 32.2. The quantitative estimate of drug-likeness (QED) is 0.838. The highest BCUT2D eigenvalue weighted by molar-refractivity contribution is 7.89. The molecule has 20 heavy (non-hydrogen) atoms. The van der Waals surface area contributed by atoms with E-state index in [-0.39, 0.29) is 10.9 Å². The Kier molecular flexibility index (Phi) is 4.00. The van der Waals surface area contributed by atoms with Gasteiger partial charge in [-0.05, 0) is 19.1 Å². The number of hydrogen-bond donors (Lipinski definition) is 2. The van der Waals surface area contributed by atoms with Gasteiger partial charge in [0.1, 0.15) is 22.9 Å².